The number of carbonyl (C=O) groups excluding carboxylic acids is 2. The molecule has 8 heteroatoms. The van der Waals surface area contributed by atoms with Crippen LogP contribution in [0.2, 0.25) is 0 Å². The van der Waals surface area contributed by atoms with E-state index in [9.17, 15) is 18.0 Å². The molecule has 0 radical (unpaired) electrons. The average Bonchev–Trinajstić information content (AvgIpc) is 2.86. The summed E-state index contributed by atoms with van der Waals surface area (Å²) < 4.78 is 31.4. The Morgan fingerprint density at radius 1 is 1.17 bits per heavy atom. The first-order valence-corrected chi connectivity index (χ1v) is 8.89. The minimum absolute atomic E-state index is 0.222. The van der Waals surface area contributed by atoms with Crippen LogP contribution in [0.5, 0.6) is 0 Å². The third-order valence-electron chi connectivity index (χ3n) is 4.20. The molecular weight excluding hydrogens is 320 g/mol. The molecule has 2 amide bonds. The lowest BCUT2D eigenvalue weighted by molar-refractivity contribution is -0.127. The minimum Gasteiger partial charge on any atom is -0.439 e. The fourth-order valence-corrected chi connectivity index (χ4v) is 4.56. The maximum atomic E-state index is 12.6. The lowest BCUT2D eigenvalue weighted by Gasteiger charge is -2.34. The second kappa shape index (κ2) is 5.93. The number of sulfonamides is 1. The van der Waals surface area contributed by atoms with E-state index in [1.54, 1.807) is 18.2 Å². The van der Waals surface area contributed by atoms with Gasteiger partial charge in [-0.25, -0.2) is 18.1 Å². The molecule has 2 heterocycles. The number of nitrogens with zero attached hydrogens (tertiary/aromatic N) is 2. The molecule has 7 nitrogen and oxygen atoms in total. The van der Waals surface area contributed by atoms with E-state index in [1.807, 2.05) is 13.0 Å². The molecule has 1 aromatic rings. The van der Waals surface area contributed by atoms with Crippen LogP contribution in [-0.4, -0.2) is 55.4 Å². The van der Waals surface area contributed by atoms with Gasteiger partial charge in [-0.15, -0.1) is 0 Å². The van der Waals surface area contributed by atoms with Crippen LogP contribution < -0.4 is 0 Å². The fourth-order valence-electron chi connectivity index (χ4n) is 2.98. The quantitative estimate of drug-likeness (QED) is 0.825. The maximum Gasteiger partial charge on any atom is 0.417 e. The van der Waals surface area contributed by atoms with E-state index in [1.165, 1.54) is 4.31 Å². The number of hydrogen-bond acceptors (Lipinski definition) is 5. The van der Waals surface area contributed by atoms with Crippen molar-refractivity contribution in [1.82, 2.24) is 9.21 Å². The highest BCUT2D eigenvalue weighted by Crippen LogP contribution is 2.25. The van der Waals surface area contributed by atoms with Gasteiger partial charge >= 0.3 is 6.09 Å². The molecule has 0 aromatic heterocycles. The highest BCUT2D eigenvalue weighted by atomic mass is 32.2. The maximum absolute atomic E-state index is 12.6. The lowest BCUT2D eigenvalue weighted by Crippen LogP contribution is -2.48. The average molecular weight is 338 g/mol. The zero-order valence-electron chi connectivity index (χ0n) is 12.8. The molecule has 0 spiro atoms. The van der Waals surface area contributed by atoms with Gasteiger partial charge in [-0.1, -0.05) is 12.1 Å². The van der Waals surface area contributed by atoms with Crippen molar-refractivity contribution >= 4 is 22.0 Å². The van der Waals surface area contributed by atoms with Gasteiger partial charge < -0.3 is 4.74 Å². The van der Waals surface area contributed by atoms with Gasteiger partial charge in [0.1, 0.15) is 0 Å². The van der Waals surface area contributed by atoms with Crippen LogP contribution in [0.1, 0.15) is 18.4 Å². The van der Waals surface area contributed by atoms with Crippen molar-refractivity contribution in [2.75, 3.05) is 19.7 Å². The van der Waals surface area contributed by atoms with Crippen molar-refractivity contribution in [3.63, 3.8) is 0 Å². The Balaban J connectivity index is 1.71. The van der Waals surface area contributed by atoms with E-state index in [4.69, 9.17) is 4.74 Å². The number of benzene rings is 1. The Morgan fingerprint density at radius 2 is 1.87 bits per heavy atom. The fraction of sp³-hybridized carbons (Fsp3) is 0.467. The summed E-state index contributed by atoms with van der Waals surface area (Å²) in [6, 6.07) is 6.49. The first-order valence-electron chi connectivity index (χ1n) is 7.45. The highest BCUT2D eigenvalue weighted by Gasteiger charge is 2.40. The molecule has 124 valence electrons. The van der Waals surface area contributed by atoms with Crippen LogP contribution >= 0.6 is 0 Å². The summed E-state index contributed by atoms with van der Waals surface area (Å²) in [7, 11) is -3.54. The van der Waals surface area contributed by atoms with Crippen molar-refractivity contribution in [2.24, 2.45) is 0 Å². The van der Waals surface area contributed by atoms with Gasteiger partial charge in [0, 0.05) is 19.1 Å². The molecule has 0 bridgehead atoms. The monoisotopic (exact) mass is 338 g/mol. The van der Waals surface area contributed by atoms with Gasteiger partial charge in [0.2, 0.25) is 10.0 Å². The summed E-state index contributed by atoms with van der Waals surface area (Å²) in [4.78, 5) is 24.6. The molecule has 23 heavy (non-hydrogen) atoms. The third-order valence-corrected chi connectivity index (χ3v) is 6.10. The molecular formula is C15H18N2O5S. The molecule has 0 N–H and O–H groups in total. The van der Waals surface area contributed by atoms with Gasteiger partial charge in [-0.05, 0) is 37.5 Å². The van der Waals surface area contributed by atoms with Gasteiger partial charge in [0.05, 0.1) is 4.90 Å². The Labute approximate surface area is 134 Å². The Morgan fingerprint density at radius 3 is 2.43 bits per heavy atom. The molecule has 1 aromatic carbocycles. The lowest BCUT2D eigenvalue weighted by atomic mass is 10.1. The number of aryl methyl sites for hydroxylation is 1. The summed E-state index contributed by atoms with van der Waals surface area (Å²) in [5.74, 6) is -0.352. The van der Waals surface area contributed by atoms with Crippen LogP contribution in [0.25, 0.3) is 0 Å². The van der Waals surface area contributed by atoms with E-state index >= 15 is 0 Å². The number of piperidine rings is 1. The molecule has 2 saturated heterocycles. The van der Waals surface area contributed by atoms with Crippen molar-refractivity contribution in [1.29, 1.82) is 0 Å². The van der Waals surface area contributed by atoms with Crippen LogP contribution in [-0.2, 0) is 19.6 Å². The Kier molecular flexibility index (Phi) is 4.11. The van der Waals surface area contributed by atoms with E-state index in [2.05, 4.69) is 0 Å². The smallest absolute Gasteiger partial charge is 0.417 e. The van der Waals surface area contributed by atoms with E-state index < -0.39 is 16.1 Å². The van der Waals surface area contributed by atoms with Crippen LogP contribution in [0, 0.1) is 6.92 Å². The van der Waals surface area contributed by atoms with E-state index in [-0.39, 0.29) is 36.5 Å². The number of ether oxygens (including phenoxy) is 1. The normalized spacial score (nSPS) is 20.8. The second-order valence-corrected chi connectivity index (χ2v) is 7.71. The van der Waals surface area contributed by atoms with Crippen molar-refractivity contribution in [3.8, 4) is 0 Å². The van der Waals surface area contributed by atoms with Gasteiger partial charge in [-0.3, -0.25) is 4.79 Å². The zero-order chi connectivity index (χ0) is 16.6. The Hall–Kier alpha value is -1.93. The standard InChI is InChI=1S/C15H18N2O5S/c1-11-3-2-4-13(9-11)23(20,21)16-7-5-12(6-8-16)17-14(18)10-22-15(17)19/h2-4,9,12H,5-8,10H2,1H3. The van der Waals surface area contributed by atoms with Gasteiger partial charge in [0.15, 0.2) is 6.61 Å². The van der Waals surface area contributed by atoms with Crippen LogP contribution in [0.4, 0.5) is 4.79 Å². The summed E-state index contributed by atoms with van der Waals surface area (Å²) in [5.41, 5.74) is 0.881. The summed E-state index contributed by atoms with van der Waals surface area (Å²) in [6.07, 6.45) is 0.215. The number of imide groups is 1. The summed E-state index contributed by atoms with van der Waals surface area (Å²) in [5, 5.41) is 0. The predicted molar refractivity (Wildman–Crippen MR) is 81.2 cm³/mol. The zero-order valence-corrected chi connectivity index (χ0v) is 13.6. The number of amides is 2. The van der Waals surface area contributed by atoms with Gasteiger partial charge in [-0.2, -0.15) is 4.31 Å². The molecule has 2 aliphatic rings. The first kappa shape index (κ1) is 15.9. The molecule has 0 unspecified atom stereocenters. The van der Waals surface area contributed by atoms with E-state index in [0.717, 1.165) is 10.5 Å². The van der Waals surface area contributed by atoms with Crippen molar-refractivity contribution < 1.29 is 22.7 Å². The Bertz CT molecular complexity index is 722. The summed E-state index contributed by atoms with van der Waals surface area (Å²) in [6.45, 7) is 2.17. The van der Waals surface area contributed by atoms with Crippen molar-refractivity contribution in [3.05, 3.63) is 29.8 Å². The largest absolute Gasteiger partial charge is 0.439 e. The highest BCUT2D eigenvalue weighted by molar-refractivity contribution is 7.89. The molecule has 3 rings (SSSR count). The molecule has 0 aliphatic carbocycles. The van der Waals surface area contributed by atoms with Crippen LogP contribution in [0.3, 0.4) is 0 Å². The molecule has 2 aliphatic heterocycles. The molecule has 0 saturated carbocycles. The first-order chi connectivity index (χ1) is 10.9. The predicted octanol–water partition coefficient (Wildman–Crippen LogP) is 1.13. The number of rotatable bonds is 3. The summed E-state index contributed by atoms with van der Waals surface area (Å²) >= 11 is 0. The van der Waals surface area contributed by atoms with E-state index in [0.29, 0.717) is 12.8 Å². The number of carbonyl (C=O) groups is 2. The number of hydrogen-bond donors (Lipinski definition) is 0. The third kappa shape index (κ3) is 2.96. The van der Waals surface area contributed by atoms with Crippen molar-refractivity contribution in [2.45, 2.75) is 30.7 Å². The van der Waals surface area contributed by atoms with Gasteiger partial charge in [0.25, 0.3) is 5.91 Å². The number of cyclic esters (lactones) is 1. The minimum atomic E-state index is -3.54. The SMILES string of the molecule is Cc1cccc(S(=O)(=O)N2CCC(N3C(=O)COC3=O)CC2)c1. The van der Waals surface area contributed by atoms with Crippen LogP contribution in [0.15, 0.2) is 29.2 Å². The second-order valence-electron chi connectivity index (χ2n) is 5.77. The topological polar surface area (TPSA) is 84.0 Å². The molecule has 2 fully saturated rings. The molecule has 0 atom stereocenters.